The Bertz CT molecular complexity index is 1200. The Morgan fingerprint density at radius 2 is 2.12 bits per heavy atom. The minimum absolute atomic E-state index is 0.198. The molecule has 1 saturated heterocycles. The minimum atomic E-state index is -0.906. The van der Waals surface area contributed by atoms with Crippen molar-refractivity contribution in [2.45, 2.75) is 31.7 Å². The van der Waals surface area contributed by atoms with E-state index >= 15 is 0 Å². The quantitative estimate of drug-likeness (QED) is 0.618. The molecule has 2 N–H and O–H groups in total. The lowest BCUT2D eigenvalue weighted by Crippen LogP contribution is -2.65. The lowest BCUT2D eigenvalue weighted by atomic mass is 9.90. The van der Waals surface area contributed by atoms with Crippen molar-refractivity contribution in [3.05, 3.63) is 88.7 Å². The van der Waals surface area contributed by atoms with Crippen LogP contribution in [0.15, 0.2) is 66.9 Å². The number of anilines is 1. The predicted molar refractivity (Wildman–Crippen MR) is 121 cm³/mol. The van der Waals surface area contributed by atoms with Crippen molar-refractivity contribution >= 4 is 29.2 Å². The third-order valence-electron chi connectivity index (χ3n) is 5.76. The SMILES string of the molecule is C[C@@]12C[C@@H](NC(=O)N1c1cccc(C(=O)NCc3ccccn3)c1)c1cc(Cl)ccc1O2. The molecule has 0 radical (unpaired) electrons. The molecule has 2 aliphatic heterocycles. The molecule has 0 saturated carbocycles. The van der Waals surface area contributed by atoms with Gasteiger partial charge >= 0.3 is 6.03 Å². The molecule has 1 fully saturated rings. The molecule has 5 rings (SSSR count). The van der Waals surface area contributed by atoms with Crippen molar-refractivity contribution in [3.8, 4) is 5.75 Å². The average Bonchev–Trinajstić information content (AvgIpc) is 2.78. The molecule has 2 aliphatic rings. The summed E-state index contributed by atoms with van der Waals surface area (Å²) in [6.45, 7) is 2.19. The Morgan fingerprint density at radius 3 is 2.94 bits per heavy atom. The fourth-order valence-electron chi connectivity index (χ4n) is 4.30. The highest BCUT2D eigenvalue weighted by Gasteiger charge is 2.49. The number of fused-ring (bicyclic) bond motifs is 4. The normalized spacial score (nSPS) is 21.2. The summed E-state index contributed by atoms with van der Waals surface area (Å²) in [7, 11) is 0. The molecule has 0 unspecified atom stereocenters. The largest absolute Gasteiger partial charge is 0.467 e. The first-order chi connectivity index (χ1) is 15.4. The summed E-state index contributed by atoms with van der Waals surface area (Å²) in [5.74, 6) is 0.435. The van der Waals surface area contributed by atoms with Gasteiger partial charge in [-0.05, 0) is 55.5 Å². The Kier molecular flexibility index (Phi) is 4.98. The predicted octanol–water partition coefficient (Wildman–Crippen LogP) is 4.43. The van der Waals surface area contributed by atoms with E-state index in [1.165, 1.54) is 0 Å². The lowest BCUT2D eigenvalue weighted by molar-refractivity contribution is 0.0378. The number of halogens is 1. The van der Waals surface area contributed by atoms with Gasteiger partial charge in [0.25, 0.3) is 5.91 Å². The van der Waals surface area contributed by atoms with Gasteiger partial charge in [-0.2, -0.15) is 0 Å². The second-order valence-corrected chi connectivity index (χ2v) is 8.49. The van der Waals surface area contributed by atoms with Crippen LogP contribution in [-0.4, -0.2) is 22.6 Å². The van der Waals surface area contributed by atoms with Gasteiger partial charge in [-0.15, -0.1) is 0 Å². The number of benzene rings is 2. The van der Waals surface area contributed by atoms with Crippen LogP contribution in [0.3, 0.4) is 0 Å². The first-order valence-corrected chi connectivity index (χ1v) is 10.7. The number of amides is 3. The summed E-state index contributed by atoms with van der Waals surface area (Å²) < 4.78 is 6.29. The van der Waals surface area contributed by atoms with Gasteiger partial charge in [-0.25, -0.2) is 4.79 Å². The number of urea groups is 1. The molecular weight excluding hydrogens is 428 g/mol. The first kappa shape index (κ1) is 20.3. The van der Waals surface area contributed by atoms with Gasteiger partial charge in [0.15, 0.2) is 5.72 Å². The van der Waals surface area contributed by atoms with Crippen LogP contribution in [0.5, 0.6) is 5.75 Å². The summed E-state index contributed by atoms with van der Waals surface area (Å²) in [4.78, 5) is 31.6. The van der Waals surface area contributed by atoms with Gasteiger partial charge in [0.2, 0.25) is 0 Å². The summed E-state index contributed by atoms with van der Waals surface area (Å²) >= 11 is 6.14. The Hall–Kier alpha value is -3.58. The van der Waals surface area contributed by atoms with E-state index < -0.39 is 5.72 Å². The Balaban J connectivity index is 1.41. The van der Waals surface area contributed by atoms with Gasteiger partial charge in [0.05, 0.1) is 24.0 Å². The van der Waals surface area contributed by atoms with Crippen molar-refractivity contribution in [1.82, 2.24) is 15.6 Å². The van der Waals surface area contributed by atoms with Crippen molar-refractivity contribution in [2.75, 3.05) is 4.90 Å². The van der Waals surface area contributed by atoms with Crippen LogP contribution in [0, 0.1) is 0 Å². The fraction of sp³-hybridized carbons (Fsp3) is 0.208. The molecular formula is C24H21ClN4O3. The molecule has 3 heterocycles. The van der Waals surface area contributed by atoms with Crippen molar-refractivity contribution in [1.29, 1.82) is 0 Å². The van der Waals surface area contributed by atoms with E-state index in [9.17, 15) is 9.59 Å². The molecule has 1 aromatic heterocycles. The topological polar surface area (TPSA) is 83.6 Å². The third-order valence-corrected chi connectivity index (χ3v) is 5.99. The van der Waals surface area contributed by atoms with Crippen molar-refractivity contribution in [2.24, 2.45) is 0 Å². The zero-order chi connectivity index (χ0) is 22.3. The number of carbonyl (C=O) groups excluding carboxylic acids is 2. The number of rotatable bonds is 4. The highest BCUT2D eigenvalue weighted by Crippen LogP contribution is 2.46. The number of pyridine rings is 1. The number of ether oxygens (including phenoxy) is 1. The molecule has 2 bridgehead atoms. The van der Waals surface area contributed by atoms with Crippen LogP contribution in [-0.2, 0) is 6.54 Å². The number of nitrogens with zero attached hydrogens (tertiary/aromatic N) is 2. The summed E-state index contributed by atoms with van der Waals surface area (Å²) in [6, 6.07) is 17.4. The van der Waals surface area contributed by atoms with E-state index in [-0.39, 0.29) is 18.0 Å². The molecule has 3 amide bonds. The number of carbonyl (C=O) groups is 2. The van der Waals surface area contributed by atoms with E-state index in [2.05, 4.69) is 15.6 Å². The van der Waals surface area contributed by atoms with Crippen molar-refractivity contribution in [3.63, 3.8) is 0 Å². The van der Waals surface area contributed by atoms with Crippen LogP contribution in [0.4, 0.5) is 10.5 Å². The summed E-state index contributed by atoms with van der Waals surface area (Å²) in [5, 5.41) is 6.50. The second-order valence-electron chi connectivity index (χ2n) is 8.05. The van der Waals surface area contributed by atoms with Gasteiger partial charge in [0.1, 0.15) is 5.75 Å². The second kappa shape index (κ2) is 7.84. The number of aromatic nitrogens is 1. The van der Waals surface area contributed by atoms with Crippen LogP contribution < -0.4 is 20.3 Å². The molecule has 2 aromatic carbocycles. The van der Waals surface area contributed by atoms with Crippen molar-refractivity contribution < 1.29 is 14.3 Å². The van der Waals surface area contributed by atoms with Crippen LogP contribution in [0.25, 0.3) is 0 Å². The summed E-state index contributed by atoms with van der Waals surface area (Å²) in [5.41, 5.74) is 1.74. The highest BCUT2D eigenvalue weighted by atomic mass is 35.5. The minimum Gasteiger partial charge on any atom is -0.467 e. The van der Waals surface area contributed by atoms with E-state index in [0.29, 0.717) is 35.0 Å². The smallest absolute Gasteiger partial charge is 0.325 e. The zero-order valence-corrected chi connectivity index (χ0v) is 18.1. The van der Waals surface area contributed by atoms with E-state index in [1.807, 2.05) is 37.3 Å². The first-order valence-electron chi connectivity index (χ1n) is 10.3. The van der Waals surface area contributed by atoms with Crippen LogP contribution in [0.1, 0.15) is 41.0 Å². The fourth-order valence-corrected chi connectivity index (χ4v) is 4.48. The van der Waals surface area contributed by atoms with Crippen LogP contribution >= 0.6 is 11.6 Å². The number of hydrogen-bond donors (Lipinski definition) is 2. The van der Waals surface area contributed by atoms with E-state index in [0.717, 1.165) is 11.3 Å². The maximum absolute atomic E-state index is 13.1. The average molecular weight is 449 g/mol. The van der Waals surface area contributed by atoms with E-state index in [1.54, 1.807) is 41.4 Å². The standard InChI is InChI=1S/C24H21ClN4O3/c1-24-13-20(19-12-16(25)8-9-21(19)32-24)28-23(31)29(24)18-7-4-5-15(11-18)22(30)27-14-17-6-2-3-10-26-17/h2-12,20H,13-14H2,1H3,(H,27,30)(H,28,31)/t20-,24-/m1/s1. The Morgan fingerprint density at radius 1 is 1.25 bits per heavy atom. The Labute approximate surface area is 190 Å². The maximum Gasteiger partial charge on any atom is 0.325 e. The summed E-state index contributed by atoms with van der Waals surface area (Å²) in [6.07, 6.45) is 2.23. The molecule has 8 heteroatoms. The monoisotopic (exact) mass is 448 g/mol. The molecule has 32 heavy (non-hydrogen) atoms. The zero-order valence-electron chi connectivity index (χ0n) is 17.3. The maximum atomic E-state index is 13.1. The van der Waals surface area contributed by atoms with Crippen LogP contribution in [0.2, 0.25) is 5.02 Å². The molecule has 2 atom stereocenters. The van der Waals surface area contributed by atoms with E-state index in [4.69, 9.17) is 16.3 Å². The highest BCUT2D eigenvalue weighted by molar-refractivity contribution is 6.30. The molecule has 7 nitrogen and oxygen atoms in total. The number of nitrogens with one attached hydrogen (secondary N) is 2. The third kappa shape index (κ3) is 3.65. The van der Waals surface area contributed by atoms with Gasteiger partial charge in [-0.3, -0.25) is 14.7 Å². The van der Waals surface area contributed by atoms with Gasteiger partial charge < -0.3 is 15.4 Å². The van der Waals surface area contributed by atoms with Gasteiger partial charge in [0, 0.05) is 28.8 Å². The molecule has 3 aromatic rings. The molecule has 0 aliphatic carbocycles. The number of hydrogen-bond acceptors (Lipinski definition) is 4. The van der Waals surface area contributed by atoms with Gasteiger partial charge in [-0.1, -0.05) is 23.7 Å². The lowest BCUT2D eigenvalue weighted by Gasteiger charge is -2.50. The molecule has 162 valence electrons. The molecule has 0 spiro atoms.